The third kappa shape index (κ3) is 11.8. The number of hydrogen-bond acceptors (Lipinski definition) is 18. The first-order chi connectivity index (χ1) is 38.8. The number of nitrogen functional groups attached to an aromatic ring is 1. The molecule has 0 radical (unpaired) electrons. The number of carbonyl (C=O) groups excluding carboxylic acids is 2. The SMILES string of the molecule is Cc1ncsc1-c1ccc([C@H](C)NC(=O)[C@@H]2C[C@@H](O)CN2C(=O)[C@H](c2cc(OCCCC#Cc3ccc(O[C@H]4C[C@H](Oc5cc(N6C7CCC6CN(c6cc(-c8ccccc8O)nnc6N)C7)ccn5)C4)cn3)no2)C(C)C)cc1. The summed E-state index contributed by atoms with van der Waals surface area (Å²) in [4.78, 5) is 48.7. The smallest absolute Gasteiger partial charge is 0.254 e. The van der Waals surface area contributed by atoms with E-state index >= 15 is 0 Å². The predicted molar refractivity (Wildman–Crippen MR) is 302 cm³/mol. The molecule has 80 heavy (non-hydrogen) atoms. The van der Waals surface area contributed by atoms with Gasteiger partial charge in [-0.15, -0.1) is 21.5 Å². The van der Waals surface area contributed by atoms with Crippen molar-refractivity contribution in [2.75, 3.05) is 41.8 Å². The van der Waals surface area contributed by atoms with E-state index in [0.717, 1.165) is 71.8 Å². The van der Waals surface area contributed by atoms with Crippen LogP contribution in [0.1, 0.15) is 100 Å². The molecule has 2 amide bonds. The number of thiazole rings is 1. The van der Waals surface area contributed by atoms with Crippen LogP contribution in [0.3, 0.4) is 0 Å². The van der Waals surface area contributed by atoms with E-state index in [9.17, 15) is 19.8 Å². The number of nitrogens with zero attached hydrogens (tertiary/aromatic N) is 9. The molecule has 2 bridgehead atoms. The van der Waals surface area contributed by atoms with Crippen LogP contribution in [0, 0.1) is 24.7 Å². The Morgan fingerprint density at radius 1 is 0.900 bits per heavy atom. The van der Waals surface area contributed by atoms with Crippen molar-refractivity contribution < 1.29 is 38.5 Å². The monoisotopic (exact) mass is 1100 g/mol. The van der Waals surface area contributed by atoms with Crippen molar-refractivity contribution in [1.29, 1.82) is 0 Å². The number of carbonyl (C=O) groups is 2. The molecule has 7 aromatic rings. The predicted octanol–water partition coefficient (Wildman–Crippen LogP) is 8.28. The maximum Gasteiger partial charge on any atom is 0.254 e. The Morgan fingerprint density at radius 2 is 1.69 bits per heavy atom. The molecule has 8 heterocycles. The number of phenols is 1. The number of pyridine rings is 2. The minimum Gasteiger partial charge on any atom is -0.507 e. The first-order valence-corrected chi connectivity index (χ1v) is 28.3. The Hall–Kier alpha value is -8.28. The lowest BCUT2D eigenvalue weighted by Gasteiger charge is -2.43. The number of ether oxygens (including phenoxy) is 3. The highest BCUT2D eigenvalue weighted by atomic mass is 32.1. The number of likely N-dealkylation sites (tertiary alicyclic amines) is 1. The average molecular weight is 1100 g/mol. The number of aromatic hydroxyl groups is 1. The molecule has 5 N–H and O–H groups in total. The Balaban J connectivity index is 0.601. The first-order valence-electron chi connectivity index (χ1n) is 27.4. The number of hydrogen-bond donors (Lipinski definition) is 4. The number of rotatable bonds is 18. The van der Waals surface area contributed by atoms with E-state index in [-0.39, 0.29) is 72.7 Å². The first kappa shape index (κ1) is 53.7. The second-order valence-electron chi connectivity index (χ2n) is 21.5. The lowest BCUT2D eigenvalue weighted by molar-refractivity contribution is -0.141. The number of aliphatic hydroxyl groups is 1. The van der Waals surface area contributed by atoms with Gasteiger partial charge in [0, 0.05) is 87.0 Å². The standard InChI is InChI=1S/C60H65N11O8S/c1-35(2)56(60(75)70-33-44(72)25-51(70)59(74)65-36(3)38-13-15-39(16-14-38)57-37(4)64-34-80-57)53-29-55(68-79-53)76-23-9-5-6-10-40-17-20-45(30-63-40)77-46-26-47(27-46)78-54-24-41(21-22-62-54)71-42-18-19-43(71)32-69(31-42)50-28-49(66-67-58(50)61)48-11-7-8-12-52(48)73/h7-8,11-17,20-22,24,28-30,34-36,42-44,46-47,51,56,72-73H,5,9,18-19,23,25-27,31-33H2,1-4H3,(H2,61,67)(H,65,74)/t36-,42?,43?,44+,46-,47-,51-,56-/m0/s1. The molecule has 6 atom stereocenters. The molecule has 1 saturated carbocycles. The Morgan fingerprint density at radius 3 is 2.42 bits per heavy atom. The van der Waals surface area contributed by atoms with Crippen molar-refractivity contribution in [3.63, 3.8) is 0 Å². The van der Waals surface area contributed by atoms with Crippen LogP contribution in [-0.2, 0) is 9.59 Å². The molecule has 19 nitrogen and oxygen atoms in total. The fourth-order valence-corrected chi connectivity index (χ4v) is 12.1. The summed E-state index contributed by atoms with van der Waals surface area (Å²) in [6.07, 6.45) is 7.53. The van der Waals surface area contributed by atoms with E-state index in [2.05, 4.69) is 63.3 Å². The van der Waals surface area contributed by atoms with Crippen molar-refractivity contribution in [3.8, 4) is 56.8 Å². The van der Waals surface area contributed by atoms with Gasteiger partial charge in [0.15, 0.2) is 11.6 Å². The van der Waals surface area contributed by atoms with E-state index in [1.807, 2.05) is 100 Å². The van der Waals surface area contributed by atoms with Crippen molar-refractivity contribution in [2.24, 2.45) is 5.92 Å². The fraction of sp³-hybridized carbons (Fsp3) is 0.400. The van der Waals surface area contributed by atoms with Gasteiger partial charge in [0.1, 0.15) is 41.4 Å². The summed E-state index contributed by atoms with van der Waals surface area (Å²) >= 11 is 1.58. The van der Waals surface area contributed by atoms with E-state index in [1.165, 1.54) is 4.90 Å². The third-order valence-electron chi connectivity index (χ3n) is 15.5. The number of benzene rings is 2. The molecule has 0 spiro atoms. The summed E-state index contributed by atoms with van der Waals surface area (Å²) in [5.41, 5.74) is 14.9. The second-order valence-corrected chi connectivity index (χ2v) is 22.3. The number of piperazine rings is 1. The zero-order chi connectivity index (χ0) is 55.4. The third-order valence-corrected chi connectivity index (χ3v) is 16.5. The van der Waals surface area contributed by atoms with E-state index in [0.29, 0.717) is 59.6 Å². The van der Waals surface area contributed by atoms with Gasteiger partial charge in [-0.3, -0.25) is 9.59 Å². The van der Waals surface area contributed by atoms with Crippen molar-refractivity contribution in [1.82, 2.24) is 40.5 Å². The van der Waals surface area contributed by atoms with Crippen molar-refractivity contribution >= 4 is 40.3 Å². The lowest BCUT2D eigenvalue weighted by atomic mass is 9.91. The molecular weight excluding hydrogens is 1030 g/mol. The van der Waals surface area contributed by atoms with Crippen molar-refractivity contribution in [3.05, 3.63) is 126 Å². The van der Waals surface area contributed by atoms with Gasteiger partial charge in [-0.05, 0) is 97.6 Å². The summed E-state index contributed by atoms with van der Waals surface area (Å²) < 4.78 is 24.1. The zero-order valence-corrected chi connectivity index (χ0v) is 46.0. The zero-order valence-electron chi connectivity index (χ0n) is 45.1. The number of aryl methyl sites for hydroxylation is 1. The number of β-amino-alcohol motifs (C(OH)–C–C–N with tert-alkyl or cyclic N) is 1. The largest absolute Gasteiger partial charge is 0.507 e. The number of amides is 2. The van der Waals surface area contributed by atoms with E-state index in [1.54, 1.807) is 35.7 Å². The number of fused-ring (bicyclic) bond motifs is 2. The van der Waals surface area contributed by atoms with Crippen molar-refractivity contribution in [2.45, 2.75) is 121 Å². The lowest BCUT2D eigenvalue weighted by Crippen LogP contribution is -2.54. The summed E-state index contributed by atoms with van der Waals surface area (Å²) in [5, 5.41) is 36.8. The van der Waals surface area contributed by atoms with Crippen LogP contribution in [-0.4, -0.2) is 120 Å². The topological polar surface area (TPSA) is 241 Å². The summed E-state index contributed by atoms with van der Waals surface area (Å²) in [6, 6.07) is 25.9. The average Bonchev–Trinajstić information content (AvgIpc) is 4.27. The van der Waals surface area contributed by atoms with Gasteiger partial charge in [0.25, 0.3) is 5.88 Å². The number of para-hydroxylation sites is 1. The number of aromatic nitrogens is 6. The minimum absolute atomic E-state index is 0.000966. The summed E-state index contributed by atoms with van der Waals surface area (Å²) in [5.74, 6) is 7.06. The fourth-order valence-electron chi connectivity index (χ4n) is 11.3. The second kappa shape index (κ2) is 23.6. The highest BCUT2D eigenvalue weighted by molar-refractivity contribution is 7.13. The molecule has 3 saturated heterocycles. The Labute approximate surface area is 468 Å². The Bertz CT molecular complexity index is 3360. The molecule has 5 aromatic heterocycles. The number of aliphatic hydroxyl groups excluding tert-OH is 1. The molecule has 11 rings (SSSR count). The van der Waals surface area contributed by atoms with Crippen LogP contribution in [0.2, 0.25) is 0 Å². The number of nitrogens with one attached hydrogen (secondary N) is 1. The molecule has 4 aliphatic rings. The molecule has 4 fully saturated rings. The van der Waals surface area contributed by atoms with Gasteiger partial charge in [0.2, 0.25) is 17.7 Å². The molecule has 1 aliphatic carbocycles. The molecule has 414 valence electrons. The van der Waals surface area contributed by atoms with Crippen LogP contribution in [0.15, 0.2) is 107 Å². The van der Waals surface area contributed by atoms with Gasteiger partial charge in [-0.25, -0.2) is 15.0 Å². The van der Waals surface area contributed by atoms with Crippen LogP contribution in [0.5, 0.6) is 23.3 Å². The minimum atomic E-state index is -0.844. The van der Waals surface area contributed by atoms with Crippen LogP contribution < -0.4 is 35.1 Å². The highest BCUT2D eigenvalue weighted by Gasteiger charge is 2.44. The van der Waals surface area contributed by atoms with Gasteiger partial charge >= 0.3 is 0 Å². The van der Waals surface area contributed by atoms with Gasteiger partial charge in [-0.1, -0.05) is 56.2 Å². The number of anilines is 3. The maximum atomic E-state index is 14.2. The van der Waals surface area contributed by atoms with E-state index in [4.69, 9.17) is 24.5 Å². The molecule has 2 aromatic carbocycles. The number of nitrogens with two attached hydrogens (primary N) is 1. The Kier molecular flexibility index (Phi) is 15.8. The van der Waals surface area contributed by atoms with Gasteiger partial charge < -0.3 is 54.7 Å². The summed E-state index contributed by atoms with van der Waals surface area (Å²) in [6.45, 7) is 9.61. The summed E-state index contributed by atoms with van der Waals surface area (Å²) in [7, 11) is 0. The molecule has 20 heteroatoms. The normalized spacial score (nSPS) is 21.1. The number of phenolic OH excluding ortho intramolecular Hbond substituents is 1. The number of unbranched alkanes of at least 4 members (excludes halogenated alkanes) is 1. The van der Waals surface area contributed by atoms with Gasteiger partial charge in [-0.2, -0.15) is 0 Å². The maximum absolute atomic E-state index is 14.2. The molecule has 2 unspecified atom stereocenters. The van der Waals surface area contributed by atoms with Crippen LogP contribution in [0.4, 0.5) is 17.2 Å². The quantitative estimate of drug-likeness (QED) is 0.0467. The molecular formula is C60H65N11O8S. The highest BCUT2D eigenvalue weighted by Crippen LogP contribution is 2.41. The van der Waals surface area contributed by atoms with Gasteiger partial charge in [0.05, 0.1) is 52.4 Å². The molecule has 3 aliphatic heterocycles. The van der Waals surface area contributed by atoms with E-state index < -0.39 is 18.1 Å². The van der Waals surface area contributed by atoms with Crippen LogP contribution >= 0.6 is 11.3 Å². The van der Waals surface area contributed by atoms with Crippen LogP contribution in [0.25, 0.3) is 21.7 Å².